The first-order valence-electron chi connectivity index (χ1n) is 5.10. The number of thiophene rings is 1. The highest BCUT2D eigenvalue weighted by atomic mass is 79.9. The summed E-state index contributed by atoms with van der Waals surface area (Å²) in [4.78, 5) is 2.20. The van der Waals surface area contributed by atoms with E-state index in [1.807, 2.05) is 11.3 Å². The maximum Gasteiger partial charge on any atom is 0.0314 e. The molecule has 0 saturated heterocycles. The molecule has 1 atom stereocenters. The van der Waals surface area contributed by atoms with Gasteiger partial charge in [0.2, 0.25) is 0 Å². The number of aryl methyl sites for hydroxylation is 1. The first-order valence-corrected chi connectivity index (χ1v) is 7.68. The molecule has 0 N–H and O–H groups in total. The topological polar surface area (TPSA) is 0 Å². The van der Waals surface area contributed by atoms with Gasteiger partial charge in [0.25, 0.3) is 0 Å². The molecule has 0 aliphatic rings. The van der Waals surface area contributed by atoms with Gasteiger partial charge in [0.1, 0.15) is 0 Å². The molecule has 0 bridgehead atoms. The van der Waals surface area contributed by atoms with Crippen LogP contribution in [-0.2, 0) is 6.42 Å². The largest absolute Gasteiger partial charge is 0.148 e. The molecule has 0 nitrogen and oxygen atoms in total. The lowest BCUT2D eigenvalue weighted by molar-refractivity contribution is 0.657. The van der Waals surface area contributed by atoms with E-state index >= 15 is 0 Å². The Bertz CT molecular complexity index is 258. The fraction of sp³-hybridized carbons (Fsp3) is 0.636. The summed E-state index contributed by atoms with van der Waals surface area (Å²) in [6.45, 7) is 2.24. The van der Waals surface area contributed by atoms with Crippen LogP contribution in [0.25, 0.3) is 0 Å². The van der Waals surface area contributed by atoms with Gasteiger partial charge in [-0.2, -0.15) is 0 Å². The van der Waals surface area contributed by atoms with Crippen molar-refractivity contribution in [3.63, 3.8) is 0 Å². The molecule has 1 unspecified atom stereocenters. The van der Waals surface area contributed by atoms with Crippen molar-refractivity contribution in [3.8, 4) is 0 Å². The maximum atomic E-state index is 3.71. The number of rotatable bonds is 6. The average Bonchev–Trinajstić information content (AvgIpc) is 2.52. The van der Waals surface area contributed by atoms with Gasteiger partial charge in [-0.05, 0) is 53.1 Å². The molecule has 14 heavy (non-hydrogen) atoms. The lowest BCUT2D eigenvalue weighted by Crippen LogP contribution is -1.97. The van der Waals surface area contributed by atoms with Crippen molar-refractivity contribution in [2.75, 3.05) is 0 Å². The summed E-state index contributed by atoms with van der Waals surface area (Å²) in [5.41, 5.74) is 0. The Kier molecular flexibility index (Phi) is 6.38. The molecule has 1 heterocycles. The van der Waals surface area contributed by atoms with Gasteiger partial charge in [-0.15, -0.1) is 11.3 Å². The third kappa shape index (κ3) is 4.45. The number of halogens is 2. The zero-order chi connectivity index (χ0) is 10.4. The molecule has 0 fully saturated rings. The van der Waals surface area contributed by atoms with Crippen LogP contribution in [0.3, 0.4) is 0 Å². The van der Waals surface area contributed by atoms with Gasteiger partial charge in [-0.1, -0.05) is 29.3 Å². The molecule has 0 aliphatic carbocycles. The molecule has 3 heteroatoms. The molecule has 0 saturated carbocycles. The smallest absolute Gasteiger partial charge is 0.0314 e. The second kappa shape index (κ2) is 7.02. The summed E-state index contributed by atoms with van der Waals surface area (Å²) < 4.78 is 1.28. The zero-order valence-electron chi connectivity index (χ0n) is 8.43. The van der Waals surface area contributed by atoms with Gasteiger partial charge >= 0.3 is 0 Å². The summed E-state index contributed by atoms with van der Waals surface area (Å²) in [7, 11) is 0. The molecule has 1 aromatic rings. The molecule has 0 radical (unpaired) electrons. The molecular formula is C11H16Br2S. The fourth-order valence-electron chi connectivity index (χ4n) is 1.45. The third-order valence-corrected chi connectivity index (χ3v) is 5.12. The van der Waals surface area contributed by atoms with Crippen LogP contribution in [0.1, 0.15) is 37.5 Å². The van der Waals surface area contributed by atoms with Gasteiger partial charge in [-0.3, -0.25) is 0 Å². The van der Waals surface area contributed by atoms with Crippen LogP contribution in [0.15, 0.2) is 15.9 Å². The molecule has 0 aromatic carbocycles. The van der Waals surface area contributed by atoms with Crippen LogP contribution in [0.4, 0.5) is 0 Å². The summed E-state index contributed by atoms with van der Waals surface area (Å²) in [5.74, 6) is 0. The highest BCUT2D eigenvalue weighted by Crippen LogP contribution is 2.25. The second-order valence-corrected chi connectivity index (χ2v) is 6.62. The Morgan fingerprint density at radius 3 is 2.79 bits per heavy atom. The van der Waals surface area contributed by atoms with Crippen LogP contribution < -0.4 is 0 Å². The Balaban J connectivity index is 2.19. The van der Waals surface area contributed by atoms with Gasteiger partial charge < -0.3 is 0 Å². The summed E-state index contributed by atoms with van der Waals surface area (Å²) in [5, 5.41) is 2.15. The maximum absolute atomic E-state index is 3.71. The second-order valence-electron chi connectivity index (χ2n) is 3.47. The Morgan fingerprint density at radius 2 is 2.21 bits per heavy atom. The third-order valence-electron chi connectivity index (χ3n) is 2.21. The molecule has 0 aliphatic heterocycles. The normalized spacial score (nSPS) is 13.1. The number of alkyl halides is 1. The first kappa shape index (κ1) is 12.7. The standard InChI is InChI=1S/C11H16Br2S/c1-2-4-9(12)5-3-6-11-10(13)7-8-14-11/h7-9H,2-6H2,1H3. The molecule has 1 rings (SSSR count). The summed E-state index contributed by atoms with van der Waals surface area (Å²) >= 11 is 9.13. The zero-order valence-corrected chi connectivity index (χ0v) is 12.4. The van der Waals surface area contributed by atoms with Crippen molar-refractivity contribution in [2.24, 2.45) is 0 Å². The summed E-state index contributed by atoms with van der Waals surface area (Å²) in [6, 6.07) is 2.14. The van der Waals surface area contributed by atoms with E-state index in [1.54, 1.807) is 0 Å². The number of hydrogen-bond donors (Lipinski definition) is 0. The lowest BCUT2D eigenvalue weighted by Gasteiger charge is -2.06. The van der Waals surface area contributed by atoms with E-state index in [9.17, 15) is 0 Å². The minimum atomic E-state index is 0.714. The van der Waals surface area contributed by atoms with E-state index < -0.39 is 0 Å². The van der Waals surface area contributed by atoms with E-state index in [4.69, 9.17) is 0 Å². The van der Waals surface area contributed by atoms with Gasteiger partial charge in [-0.25, -0.2) is 0 Å². The van der Waals surface area contributed by atoms with E-state index in [1.165, 1.54) is 41.5 Å². The quantitative estimate of drug-likeness (QED) is 0.609. The predicted octanol–water partition coefficient (Wildman–Crippen LogP) is 5.40. The molecular weight excluding hydrogens is 324 g/mol. The molecule has 0 amide bonds. The van der Waals surface area contributed by atoms with Crippen LogP contribution in [0.2, 0.25) is 0 Å². The van der Waals surface area contributed by atoms with Crippen LogP contribution in [0, 0.1) is 0 Å². The predicted molar refractivity (Wildman–Crippen MR) is 72.6 cm³/mol. The first-order chi connectivity index (χ1) is 6.74. The number of hydrogen-bond acceptors (Lipinski definition) is 1. The van der Waals surface area contributed by atoms with Crippen molar-refractivity contribution in [2.45, 2.75) is 43.9 Å². The van der Waals surface area contributed by atoms with E-state index in [0.29, 0.717) is 4.83 Å². The van der Waals surface area contributed by atoms with Crippen molar-refractivity contribution in [1.82, 2.24) is 0 Å². The Labute approximate surface area is 107 Å². The van der Waals surface area contributed by atoms with Crippen molar-refractivity contribution < 1.29 is 0 Å². The minimum absolute atomic E-state index is 0.714. The van der Waals surface area contributed by atoms with Gasteiger partial charge in [0.15, 0.2) is 0 Å². The van der Waals surface area contributed by atoms with Crippen molar-refractivity contribution >= 4 is 43.2 Å². The highest BCUT2D eigenvalue weighted by Gasteiger charge is 2.04. The Morgan fingerprint density at radius 1 is 1.43 bits per heavy atom. The monoisotopic (exact) mass is 338 g/mol. The van der Waals surface area contributed by atoms with Crippen LogP contribution >= 0.6 is 43.2 Å². The van der Waals surface area contributed by atoms with Crippen LogP contribution in [0.5, 0.6) is 0 Å². The average molecular weight is 340 g/mol. The highest BCUT2D eigenvalue weighted by molar-refractivity contribution is 9.10. The lowest BCUT2D eigenvalue weighted by atomic mass is 10.1. The molecule has 0 spiro atoms. The fourth-order valence-corrected chi connectivity index (χ4v) is 3.82. The molecule has 80 valence electrons. The summed E-state index contributed by atoms with van der Waals surface area (Å²) in [6.07, 6.45) is 6.36. The van der Waals surface area contributed by atoms with Gasteiger partial charge in [0, 0.05) is 14.2 Å². The Hall–Kier alpha value is 0.660. The SMILES string of the molecule is CCCC(Br)CCCc1sccc1Br. The van der Waals surface area contributed by atoms with E-state index in [2.05, 4.69) is 50.2 Å². The minimum Gasteiger partial charge on any atom is -0.148 e. The van der Waals surface area contributed by atoms with E-state index in [0.717, 1.165) is 0 Å². The van der Waals surface area contributed by atoms with Gasteiger partial charge in [0.05, 0.1) is 0 Å². The van der Waals surface area contributed by atoms with Crippen molar-refractivity contribution in [3.05, 3.63) is 20.8 Å². The van der Waals surface area contributed by atoms with Crippen molar-refractivity contribution in [1.29, 1.82) is 0 Å². The molecule has 1 aromatic heterocycles. The van der Waals surface area contributed by atoms with Crippen LogP contribution in [-0.4, -0.2) is 4.83 Å². The van der Waals surface area contributed by atoms with E-state index in [-0.39, 0.29) is 0 Å².